The second-order valence-electron chi connectivity index (χ2n) is 2.28. The van der Waals surface area contributed by atoms with Crippen molar-refractivity contribution < 1.29 is 13.9 Å². The minimum Gasteiger partial charge on any atom is -0.385 e. The van der Waals surface area contributed by atoms with Gasteiger partial charge in [-0.2, -0.15) is 4.39 Å². The Morgan fingerprint density at radius 2 is 2.17 bits per heavy atom. The lowest BCUT2D eigenvalue weighted by atomic mass is 10.2. The zero-order chi connectivity index (χ0) is 9.14. The van der Waals surface area contributed by atoms with E-state index < -0.39 is 17.9 Å². The van der Waals surface area contributed by atoms with Crippen LogP contribution in [0.15, 0.2) is 12.1 Å². The Hall–Kier alpha value is -1.07. The maximum atomic E-state index is 12.5. The molecule has 0 amide bonds. The van der Waals surface area contributed by atoms with Gasteiger partial charge in [-0.1, -0.05) is 0 Å². The topological polar surface area (TPSA) is 59.1 Å². The van der Waals surface area contributed by atoms with Gasteiger partial charge in [0.05, 0.1) is 5.69 Å². The summed E-state index contributed by atoms with van der Waals surface area (Å²) in [6.07, 6.45) is -1.12. The summed E-state index contributed by atoms with van der Waals surface area (Å²) in [6, 6.07) is 1.58. The summed E-state index contributed by atoms with van der Waals surface area (Å²) < 4.78 is 24.9. The highest BCUT2D eigenvalue weighted by atomic mass is 19.1. The average molecular weight is 174 g/mol. The molecule has 1 aromatic heterocycles. The van der Waals surface area contributed by atoms with Gasteiger partial charge in [-0.15, -0.1) is 0 Å². The standard InChI is InChI=1S/C7H8F2N2O/c8-4-1-5(6(12)3-10)11-7(9)2-4/h1-2,6,12H,3,10H2. The molecule has 0 aromatic carbocycles. The zero-order valence-corrected chi connectivity index (χ0v) is 6.17. The lowest BCUT2D eigenvalue weighted by molar-refractivity contribution is 0.180. The highest BCUT2D eigenvalue weighted by Gasteiger charge is 2.09. The van der Waals surface area contributed by atoms with E-state index in [9.17, 15) is 8.78 Å². The molecule has 0 fully saturated rings. The first-order valence-corrected chi connectivity index (χ1v) is 3.34. The molecule has 1 heterocycles. The van der Waals surface area contributed by atoms with Crippen LogP contribution < -0.4 is 5.73 Å². The molecule has 5 heteroatoms. The number of hydrogen-bond donors (Lipinski definition) is 2. The third-order valence-electron chi connectivity index (χ3n) is 1.34. The van der Waals surface area contributed by atoms with Crippen LogP contribution in [0.25, 0.3) is 0 Å². The van der Waals surface area contributed by atoms with E-state index in [1.807, 2.05) is 0 Å². The quantitative estimate of drug-likeness (QED) is 0.636. The molecule has 1 unspecified atom stereocenters. The number of hydrogen-bond acceptors (Lipinski definition) is 3. The molecule has 0 aliphatic heterocycles. The van der Waals surface area contributed by atoms with Gasteiger partial charge in [0, 0.05) is 12.6 Å². The van der Waals surface area contributed by atoms with Gasteiger partial charge in [-0.3, -0.25) is 0 Å². The molecule has 3 nitrogen and oxygen atoms in total. The lowest BCUT2D eigenvalue weighted by Crippen LogP contribution is -2.13. The molecule has 3 N–H and O–H groups in total. The van der Waals surface area contributed by atoms with Crippen molar-refractivity contribution in [1.82, 2.24) is 4.98 Å². The second kappa shape index (κ2) is 3.55. The van der Waals surface area contributed by atoms with E-state index in [1.54, 1.807) is 0 Å². The average Bonchev–Trinajstić information content (AvgIpc) is 2.01. The molecular formula is C7H8F2N2O. The van der Waals surface area contributed by atoms with Crippen molar-refractivity contribution in [3.8, 4) is 0 Å². The van der Waals surface area contributed by atoms with Gasteiger partial charge in [0.2, 0.25) is 5.95 Å². The molecule has 0 radical (unpaired) electrons. The van der Waals surface area contributed by atoms with Gasteiger partial charge in [0.1, 0.15) is 11.9 Å². The van der Waals surface area contributed by atoms with Crippen molar-refractivity contribution in [1.29, 1.82) is 0 Å². The fourth-order valence-electron chi connectivity index (χ4n) is 0.776. The maximum absolute atomic E-state index is 12.5. The smallest absolute Gasteiger partial charge is 0.216 e. The van der Waals surface area contributed by atoms with Crippen LogP contribution >= 0.6 is 0 Å². The van der Waals surface area contributed by atoms with Crippen LogP contribution in [0.2, 0.25) is 0 Å². The van der Waals surface area contributed by atoms with E-state index in [0.29, 0.717) is 6.07 Å². The summed E-state index contributed by atoms with van der Waals surface area (Å²) in [5.41, 5.74) is 4.98. The van der Waals surface area contributed by atoms with Gasteiger partial charge in [-0.25, -0.2) is 9.37 Å². The molecule has 66 valence electrons. The first kappa shape index (κ1) is 9.02. The van der Waals surface area contributed by atoms with Crippen LogP contribution in [0, 0.1) is 11.8 Å². The van der Waals surface area contributed by atoms with Gasteiger partial charge in [0.15, 0.2) is 0 Å². The Kier molecular flexibility index (Phi) is 2.67. The monoisotopic (exact) mass is 174 g/mol. The van der Waals surface area contributed by atoms with E-state index in [0.717, 1.165) is 6.07 Å². The number of pyridine rings is 1. The van der Waals surface area contributed by atoms with Crippen molar-refractivity contribution in [3.63, 3.8) is 0 Å². The molecule has 0 aliphatic rings. The van der Waals surface area contributed by atoms with Crippen LogP contribution in [0.1, 0.15) is 11.8 Å². The largest absolute Gasteiger partial charge is 0.385 e. The fraction of sp³-hybridized carbons (Fsp3) is 0.286. The third kappa shape index (κ3) is 1.96. The van der Waals surface area contributed by atoms with Crippen molar-refractivity contribution in [2.45, 2.75) is 6.10 Å². The normalized spacial score (nSPS) is 13.0. The summed E-state index contributed by atoms with van der Waals surface area (Å²) in [7, 11) is 0. The van der Waals surface area contributed by atoms with Crippen molar-refractivity contribution in [2.75, 3.05) is 6.54 Å². The Morgan fingerprint density at radius 1 is 1.50 bits per heavy atom. The predicted octanol–water partition coefficient (Wildman–Crippen LogP) is 0.352. The number of nitrogens with zero attached hydrogens (tertiary/aromatic N) is 1. The molecule has 1 rings (SSSR count). The fourth-order valence-corrected chi connectivity index (χ4v) is 0.776. The van der Waals surface area contributed by atoms with E-state index in [1.165, 1.54) is 0 Å². The molecule has 0 spiro atoms. The van der Waals surface area contributed by atoms with Gasteiger partial charge in [0.25, 0.3) is 0 Å². The number of halogens is 2. The van der Waals surface area contributed by atoms with Gasteiger partial charge in [-0.05, 0) is 6.07 Å². The first-order chi connectivity index (χ1) is 5.63. The predicted molar refractivity (Wildman–Crippen MR) is 38.2 cm³/mol. The molecule has 1 aromatic rings. The van der Waals surface area contributed by atoms with Crippen molar-refractivity contribution in [2.24, 2.45) is 5.73 Å². The summed E-state index contributed by atoms with van der Waals surface area (Å²) in [6.45, 7) is -0.115. The Balaban J connectivity index is 3.00. The summed E-state index contributed by atoms with van der Waals surface area (Å²) >= 11 is 0. The Morgan fingerprint density at radius 3 is 2.67 bits per heavy atom. The van der Waals surface area contributed by atoms with Crippen molar-refractivity contribution >= 4 is 0 Å². The molecule has 0 bridgehead atoms. The molecule has 12 heavy (non-hydrogen) atoms. The number of rotatable bonds is 2. The Bertz CT molecular complexity index is 260. The molecular weight excluding hydrogens is 166 g/mol. The molecule has 0 saturated heterocycles. The molecule has 0 aliphatic carbocycles. The minimum atomic E-state index is -1.12. The van der Waals surface area contributed by atoms with Crippen LogP contribution in [0.4, 0.5) is 8.78 Å². The van der Waals surface area contributed by atoms with Crippen molar-refractivity contribution in [3.05, 3.63) is 29.6 Å². The highest BCUT2D eigenvalue weighted by Crippen LogP contribution is 2.10. The third-order valence-corrected chi connectivity index (χ3v) is 1.34. The van der Waals surface area contributed by atoms with Gasteiger partial charge >= 0.3 is 0 Å². The van der Waals surface area contributed by atoms with E-state index in [4.69, 9.17) is 10.8 Å². The number of aromatic nitrogens is 1. The number of aliphatic hydroxyl groups is 1. The first-order valence-electron chi connectivity index (χ1n) is 3.34. The summed E-state index contributed by atoms with van der Waals surface area (Å²) in [5.74, 6) is -1.73. The second-order valence-corrected chi connectivity index (χ2v) is 2.28. The van der Waals surface area contributed by atoms with E-state index in [2.05, 4.69) is 4.98 Å². The summed E-state index contributed by atoms with van der Waals surface area (Å²) in [5, 5.41) is 9.06. The van der Waals surface area contributed by atoms with Gasteiger partial charge < -0.3 is 10.8 Å². The Labute approximate surface area is 67.8 Å². The lowest BCUT2D eigenvalue weighted by Gasteiger charge is -2.06. The van der Waals surface area contributed by atoms with Crippen LogP contribution in [-0.4, -0.2) is 16.6 Å². The molecule has 1 atom stereocenters. The SMILES string of the molecule is NCC(O)c1cc(F)cc(F)n1. The zero-order valence-electron chi connectivity index (χ0n) is 6.17. The number of aliphatic hydroxyl groups excluding tert-OH is 1. The molecule has 0 saturated carbocycles. The van der Waals surface area contributed by atoms with E-state index in [-0.39, 0.29) is 12.2 Å². The number of nitrogens with two attached hydrogens (primary N) is 1. The van der Waals surface area contributed by atoms with Crippen LogP contribution in [-0.2, 0) is 0 Å². The highest BCUT2D eigenvalue weighted by molar-refractivity contribution is 5.09. The van der Waals surface area contributed by atoms with Crippen LogP contribution in [0.3, 0.4) is 0 Å². The summed E-state index contributed by atoms with van der Waals surface area (Å²) in [4.78, 5) is 3.27. The minimum absolute atomic E-state index is 0.0880. The van der Waals surface area contributed by atoms with Crippen LogP contribution in [0.5, 0.6) is 0 Å². The van der Waals surface area contributed by atoms with E-state index >= 15 is 0 Å². The maximum Gasteiger partial charge on any atom is 0.216 e.